The first-order chi connectivity index (χ1) is 42.4. The third-order valence-corrected chi connectivity index (χ3v) is 17.4. The van der Waals surface area contributed by atoms with E-state index in [2.05, 4.69) is 58.0 Å². The number of aryl methyl sites for hydroxylation is 1. The van der Waals surface area contributed by atoms with Gasteiger partial charge in [-0.05, 0) is 104 Å². The molecule has 0 radical (unpaired) electrons. The second kappa shape index (κ2) is 32.1. The van der Waals surface area contributed by atoms with Crippen LogP contribution in [0.5, 0.6) is 0 Å². The zero-order valence-corrected chi connectivity index (χ0v) is 51.4. The van der Waals surface area contributed by atoms with Gasteiger partial charge in [-0.2, -0.15) is 8.78 Å². The Kier molecular flexibility index (Phi) is 24.8. The van der Waals surface area contributed by atoms with Crippen molar-refractivity contribution in [3.05, 3.63) is 136 Å². The minimum atomic E-state index is -5.95. The van der Waals surface area contributed by atoms with E-state index in [-0.39, 0.29) is 101 Å². The standard InChI is InChI=1S/C64H81F2N8O14P/c1-5-41-18-22-44(23-19-41)58(78)67-30-10-9-15-50(59(79)68-31-33-87-32-29-56(76)69-49-16-11-14-47-48(49)37-74(63(47)83)53-27-28-55(75)73-62(53)82)71-61(81)52(36-43-20-24-45(25-21-43)64(65,66)89(84,85)86)72-60(80)51(35-42-12-7-6-8-13-42)70-57(77)38-88-54-34-40(4)17-26-46(54)39(2)3/h6-8,11-14,16,18-25,39-40,46,50-54H,5,9-10,15,17,26-38H2,1-4H3,(H,67,78)(H,68,79)(H,69,76)(H,70,77)(H,71,81)(H,72,80)(H,73,75,82)(H2,84,85,86)/t40-,46+,50-,51-,52-,53?,54-/m0/s1. The van der Waals surface area contributed by atoms with Crippen LogP contribution in [0.1, 0.15) is 134 Å². The van der Waals surface area contributed by atoms with Gasteiger partial charge < -0.3 is 56.1 Å². The van der Waals surface area contributed by atoms with Gasteiger partial charge in [0.15, 0.2) is 0 Å². The number of nitrogens with zero attached hydrogens (tertiary/aromatic N) is 1. The summed E-state index contributed by atoms with van der Waals surface area (Å²) in [5.74, 6) is -4.21. The molecule has 9 N–H and O–H groups in total. The second-order valence-electron chi connectivity index (χ2n) is 23.3. The molecule has 89 heavy (non-hydrogen) atoms. The first kappa shape index (κ1) is 68.7. The van der Waals surface area contributed by atoms with Crippen molar-refractivity contribution in [1.82, 2.24) is 36.8 Å². The summed E-state index contributed by atoms with van der Waals surface area (Å²) in [6.07, 6.45) is 3.70. The molecule has 1 aliphatic carbocycles. The van der Waals surface area contributed by atoms with E-state index in [4.69, 9.17) is 9.47 Å². The largest absolute Gasteiger partial charge is 0.399 e. The number of amides is 9. The van der Waals surface area contributed by atoms with Crippen molar-refractivity contribution in [3.8, 4) is 0 Å². The van der Waals surface area contributed by atoms with Gasteiger partial charge in [-0.15, -0.1) is 0 Å². The highest BCUT2D eigenvalue weighted by Crippen LogP contribution is 2.59. The Labute approximate surface area is 516 Å². The molecule has 25 heteroatoms. The lowest BCUT2D eigenvalue weighted by atomic mass is 9.75. The smallest absolute Gasteiger partial charge is 0.379 e. The lowest BCUT2D eigenvalue weighted by Crippen LogP contribution is -2.58. The van der Waals surface area contributed by atoms with Crippen LogP contribution in [0.25, 0.3) is 0 Å². The third kappa shape index (κ3) is 19.4. The summed E-state index contributed by atoms with van der Waals surface area (Å²) in [6, 6.07) is 19.6. The fraction of sp³-hybridized carbons (Fsp3) is 0.484. The van der Waals surface area contributed by atoms with Gasteiger partial charge >= 0.3 is 13.3 Å². The zero-order chi connectivity index (χ0) is 64.4. The second-order valence-corrected chi connectivity index (χ2v) is 25.0. The molecule has 4 aromatic rings. The molecular formula is C64H81F2N8O14P. The molecule has 7 atom stereocenters. The van der Waals surface area contributed by atoms with Gasteiger partial charge in [-0.25, -0.2) is 0 Å². The Balaban J connectivity index is 1.03. The first-order valence-corrected chi connectivity index (χ1v) is 31.9. The molecule has 0 aromatic heterocycles. The number of carbonyl (C=O) groups is 9. The number of imide groups is 1. The number of anilines is 1. The molecule has 1 saturated carbocycles. The monoisotopic (exact) mass is 1250 g/mol. The molecule has 7 rings (SSSR count). The molecule has 22 nitrogen and oxygen atoms in total. The molecule has 2 aliphatic heterocycles. The number of carbonyl (C=O) groups excluding carboxylic acids is 9. The number of alkyl halides is 2. The Morgan fingerprint density at radius 3 is 2.07 bits per heavy atom. The van der Waals surface area contributed by atoms with Gasteiger partial charge in [0.1, 0.15) is 30.8 Å². The number of ether oxygens (including phenoxy) is 2. The minimum absolute atomic E-state index is 0.0106. The van der Waals surface area contributed by atoms with Crippen molar-refractivity contribution in [2.75, 3.05) is 38.2 Å². The first-order valence-electron chi connectivity index (χ1n) is 30.3. The van der Waals surface area contributed by atoms with Gasteiger partial charge in [-0.1, -0.05) is 107 Å². The molecule has 1 saturated heterocycles. The Morgan fingerprint density at radius 1 is 0.742 bits per heavy atom. The highest BCUT2D eigenvalue weighted by molar-refractivity contribution is 7.52. The van der Waals surface area contributed by atoms with Crippen molar-refractivity contribution in [2.24, 2.45) is 17.8 Å². The number of unbranched alkanes of at least 4 members (excludes halogenated alkanes) is 1. The number of hydrogen-bond donors (Lipinski definition) is 9. The van der Waals surface area contributed by atoms with E-state index in [1.54, 1.807) is 60.7 Å². The molecular weight excluding hydrogens is 1170 g/mol. The normalized spacial score (nSPS) is 18.7. The Hall–Kier alpha value is -7.76. The van der Waals surface area contributed by atoms with E-state index in [9.17, 15) is 66.3 Å². The number of benzene rings is 4. The molecule has 2 fully saturated rings. The summed E-state index contributed by atoms with van der Waals surface area (Å²) in [5.41, 5.74) is -2.01. The van der Waals surface area contributed by atoms with E-state index in [1.165, 1.54) is 4.90 Å². The number of rotatable bonds is 31. The van der Waals surface area contributed by atoms with Crippen molar-refractivity contribution >= 4 is 66.4 Å². The molecule has 3 aliphatic rings. The van der Waals surface area contributed by atoms with Crippen LogP contribution in [0, 0.1) is 17.8 Å². The quantitative estimate of drug-likeness (QED) is 0.0166. The number of fused-ring (bicyclic) bond motifs is 1. The summed E-state index contributed by atoms with van der Waals surface area (Å²) in [4.78, 5) is 141. The lowest BCUT2D eigenvalue weighted by molar-refractivity contribution is -0.137. The predicted molar refractivity (Wildman–Crippen MR) is 325 cm³/mol. The van der Waals surface area contributed by atoms with Crippen LogP contribution in [0.2, 0.25) is 0 Å². The van der Waals surface area contributed by atoms with E-state index < -0.39 is 96.7 Å². The summed E-state index contributed by atoms with van der Waals surface area (Å²) in [7, 11) is -5.95. The third-order valence-electron chi connectivity index (χ3n) is 16.4. The molecule has 0 spiro atoms. The van der Waals surface area contributed by atoms with Crippen LogP contribution in [-0.2, 0) is 79.1 Å². The SMILES string of the molecule is CCc1ccc(C(=O)NCCCC[C@H](NC(=O)[C@H](Cc2ccc(C(F)(F)P(=O)(O)O)cc2)NC(=O)[C@H](Cc2ccccc2)NC(=O)CO[C@H]2C[C@@H](C)CC[C@@H]2C(C)C)C(=O)NCCOCCC(=O)Nc2cccc3c2CN(C2CCC(=O)NC2=O)C3=O)cc1. The van der Waals surface area contributed by atoms with Crippen molar-refractivity contribution in [2.45, 2.75) is 147 Å². The van der Waals surface area contributed by atoms with Gasteiger partial charge in [0.25, 0.3) is 11.8 Å². The summed E-state index contributed by atoms with van der Waals surface area (Å²) < 4.78 is 53.3. The van der Waals surface area contributed by atoms with Crippen LogP contribution < -0.4 is 37.2 Å². The zero-order valence-electron chi connectivity index (χ0n) is 50.5. The van der Waals surface area contributed by atoms with Crippen molar-refractivity contribution in [3.63, 3.8) is 0 Å². The van der Waals surface area contributed by atoms with Crippen LogP contribution in [0.4, 0.5) is 14.5 Å². The average Bonchev–Trinajstić information content (AvgIpc) is 1.74. The average molecular weight is 1260 g/mol. The van der Waals surface area contributed by atoms with E-state index in [1.807, 2.05) is 19.1 Å². The molecule has 4 aromatic carbocycles. The van der Waals surface area contributed by atoms with Crippen LogP contribution in [-0.4, -0.2) is 131 Å². The maximum atomic E-state index is 14.8. The molecule has 480 valence electrons. The maximum absolute atomic E-state index is 14.8. The topological polar surface area (TPSA) is 317 Å². The van der Waals surface area contributed by atoms with Crippen LogP contribution in [0.15, 0.2) is 97.1 Å². The molecule has 9 amide bonds. The van der Waals surface area contributed by atoms with E-state index >= 15 is 0 Å². The number of halogens is 2. The van der Waals surface area contributed by atoms with Crippen LogP contribution in [0.3, 0.4) is 0 Å². The highest BCUT2D eigenvalue weighted by atomic mass is 31.2. The highest BCUT2D eigenvalue weighted by Gasteiger charge is 2.50. The van der Waals surface area contributed by atoms with E-state index in [0.29, 0.717) is 46.2 Å². The predicted octanol–water partition coefficient (Wildman–Crippen LogP) is 5.72. The fourth-order valence-electron chi connectivity index (χ4n) is 11.3. The lowest BCUT2D eigenvalue weighted by Gasteiger charge is -2.37. The summed E-state index contributed by atoms with van der Waals surface area (Å²) in [5, 5.41) is 18.9. The van der Waals surface area contributed by atoms with Gasteiger partial charge in [0, 0.05) is 66.8 Å². The fourth-order valence-corrected chi connectivity index (χ4v) is 11.8. The Bertz CT molecular complexity index is 3200. The molecule has 0 bridgehead atoms. The number of piperidine rings is 1. The van der Waals surface area contributed by atoms with E-state index in [0.717, 1.165) is 55.5 Å². The Morgan fingerprint density at radius 2 is 1.40 bits per heavy atom. The summed E-state index contributed by atoms with van der Waals surface area (Å²) in [6.45, 7) is 7.97. The number of nitrogens with one attached hydrogen (secondary N) is 7. The van der Waals surface area contributed by atoms with Gasteiger partial charge in [-0.3, -0.25) is 53.0 Å². The van der Waals surface area contributed by atoms with Gasteiger partial charge in [0.05, 0.1) is 25.7 Å². The van der Waals surface area contributed by atoms with Crippen LogP contribution >= 0.6 is 7.60 Å². The molecule has 2 heterocycles. The molecule has 1 unspecified atom stereocenters. The van der Waals surface area contributed by atoms with Gasteiger partial charge in [0.2, 0.25) is 41.4 Å². The van der Waals surface area contributed by atoms with Crippen molar-refractivity contribution in [1.29, 1.82) is 0 Å². The number of hydrogen-bond acceptors (Lipinski definition) is 12. The minimum Gasteiger partial charge on any atom is -0.379 e. The van der Waals surface area contributed by atoms with Crippen molar-refractivity contribution < 1.29 is 75.8 Å². The summed E-state index contributed by atoms with van der Waals surface area (Å²) >= 11 is 0. The maximum Gasteiger partial charge on any atom is 0.399 e.